The lowest BCUT2D eigenvalue weighted by Crippen LogP contribution is -2.34. The standard InChI is InChI=1S/C16H23N5O2/c1-10-6-11(2)15(12(3)7-10)23-9-14(22)21(5)8-13(4)16-17-19-20-18-16/h6-7,13H,8-9H2,1-5H3,(H,17,18,19,20). The SMILES string of the molecule is Cc1cc(C)c(OCC(=O)N(C)CC(C)c2nn[nH]n2)c(C)c1. The molecule has 1 aromatic carbocycles. The third-order valence-electron chi connectivity index (χ3n) is 3.72. The first-order valence-electron chi connectivity index (χ1n) is 7.56. The van der Waals surface area contributed by atoms with E-state index < -0.39 is 0 Å². The van der Waals surface area contributed by atoms with Crippen molar-refractivity contribution in [3.63, 3.8) is 0 Å². The van der Waals surface area contributed by atoms with E-state index >= 15 is 0 Å². The molecule has 1 unspecified atom stereocenters. The van der Waals surface area contributed by atoms with Crippen LogP contribution in [0.2, 0.25) is 0 Å². The van der Waals surface area contributed by atoms with Crippen molar-refractivity contribution < 1.29 is 9.53 Å². The lowest BCUT2D eigenvalue weighted by atomic mass is 10.1. The highest BCUT2D eigenvalue weighted by Crippen LogP contribution is 2.24. The summed E-state index contributed by atoms with van der Waals surface area (Å²) < 4.78 is 5.74. The van der Waals surface area contributed by atoms with Gasteiger partial charge in [0.1, 0.15) is 5.75 Å². The van der Waals surface area contributed by atoms with Crippen LogP contribution >= 0.6 is 0 Å². The van der Waals surface area contributed by atoms with Crippen LogP contribution < -0.4 is 4.74 Å². The van der Waals surface area contributed by atoms with Crippen molar-refractivity contribution in [2.75, 3.05) is 20.2 Å². The van der Waals surface area contributed by atoms with Crippen LogP contribution in [0.4, 0.5) is 0 Å². The molecule has 0 fully saturated rings. The van der Waals surface area contributed by atoms with Gasteiger partial charge in [-0.2, -0.15) is 5.21 Å². The number of hydrogen-bond donors (Lipinski definition) is 1. The predicted octanol–water partition coefficient (Wildman–Crippen LogP) is 1.77. The number of ether oxygens (including phenoxy) is 1. The molecule has 1 atom stereocenters. The molecule has 23 heavy (non-hydrogen) atoms. The monoisotopic (exact) mass is 317 g/mol. The van der Waals surface area contributed by atoms with E-state index in [9.17, 15) is 4.79 Å². The Morgan fingerprint density at radius 2 is 1.96 bits per heavy atom. The number of nitrogens with one attached hydrogen (secondary N) is 1. The maximum absolute atomic E-state index is 12.2. The second kappa shape index (κ2) is 7.21. The Morgan fingerprint density at radius 1 is 1.30 bits per heavy atom. The van der Waals surface area contributed by atoms with Crippen molar-refractivity contribution in [2.24, 2.45) is 0 Å². The Balaban J connectivity index is 1.92. The van der Waals surface area contributed by atoms with Gasteiger partial charge in [0.25, 0.3) is 5.91 Å². The van der Waals surface area contributed by atoms with Crippen LogP contribution in [0.1, 0.15) is 35.4 Å². The zero-order valence-corrected chi connectivity index (χ0v) is 14.3. The van der Waals surface area contributed by atoms with Gasteiger partial charge in [-0.3, -0.25) is 4.79 Å². The minimum Gasteiger partial charge on any atom is -0.483 e. The fraction of sp³-hybridized carbons (Fsp3) is 0.500. The molecule has 0 aliphatic carbocycles. The second-order valence-electron chi connectivity index (χ2n) is 5.96. The van der Waals surface area contributed by atoms with Crippen molar-refractivity contribution in [1.29, 1.82) is 0 Å². The van der Waals surface area contributed by atoms with Crippen LogP contribution in [-0.4, -0.2) is 51.6 Å². The molecule has 0 bridgehead atoms. The highest BCUT2D eigenvalue weighted by Gasteiger charge is 2.17. The van der Waals surface area contributed by atoms with Crippen molar-refractivity contribution >= 4 is 5.91 Å². The van der Waals surface area contributed by atoms with Gasteiger partial charge in [-0.15, -0.1) is 10.2 Å². The minimum absolute atomic E-state index is 0.00514. The number of likely N-dealkylation sites (N-methyl/N-ethyl adjacent to an activating group) is 1. The molecule has 0 saturated carbocycles. The molecule has 0 saturated heterocycles. The summed E-state index contributed by atoms with van der Waals surface area (Å²) in [5.41, 5.74) is 3.26. The lowest BCUT2D eigenvalue weighted by molar-refractivity contribution is -0.132. The van der Waals surface area contributed by atoms with E-state index in [1.54, 1.807) is 11.9 Å². The molecule has 2 rings (SSSR count). The molecule has 0 aliphatic rings. The summed E-state index contributed by atoms with van der Waals surface area (Å²) in [6.45, 7) is 8.49. The highest BCUT2D eigenvalue weighted by atomic mass is 16.5. The number of carbonyl (C=O) groups is 1. The van der Waals surface area contributed by atoms with Crippen LogP contribution in [0, 0.1) is 20.8 Å². The Kier molecular flexibility index (Phi) is 5.31. The highest BCUT2D eigenvalue weighted by molar-refractivity contribution is 5.77. The van der Waals surface area contributed by atoms with Crippen molar-refractivity contribution in [1.82, 2.24) is 25.5 Å². The first-order chi connectivity index (χ1) is 10.9. The normalized spacial score (nSPS) is 12.0. The molecule has 1 aromatic heterocycles. The van der Waals surface area contributed by atoms with Crippen LogP contribution in [-0.2, 0) is 4.79 Å². The van der Waals surface area contributed by atoms with Gasteiger partial charge in [-0.05, 0) is 31.9 Å². The fourth-order valence-electron chi connectivity index (χ4n) is 2.61. The summed E-state index contributed by atoms with van der Waals surface area (Å²) in [4.78, 5) is 13.9. The summed E-state index contributed by atoms with van der Waals surface area (Å²) in [7, 11) is 1.75. The largest absolute Gasteiger partial charge is 0.483 e. The van der Waals surface area contributed by atoms with Gasteiger partial charge < -0.3 is 9.64 Å². The average Bonchev–Trinajstić information content (AvgIpc) is 2.99. The van der Waals surface area contributed by atoms with Gasteiger partial charge >= 0.3 is 0 Å². The van der Waals surface area contributed by atoms with E-state index in [1.807, 2.05) is 27.7 Å². The van der Waals surface area contributed by atoms with Crippen LogP contribution in [0.15, 0.2) is 12.1 Å². The number of nitrogens with zero attached hydrogens (tertiary/aromatic N) is 4. The third kappa shape index (κ3) is 4.28. The van der Waals surface area contributed by atoms with E-state index in [-0.39, 0.29) is 18.4 Å². The Hall–Kier alpha value is -2.44. The summed E-state index contributed by atoms with van der Waals surface area (Å²) in [6.07, 6.45) is 0. The van der Waals surface area contributed by atoms with Gasteiger partial charge in [0.2, 0.25) is 0 Å². The Morgan fingerprint density at radius 3 is 2.52 bits per heavy atom. The molecular weight excluding hydrogens is 294 g/mol. The molecule has 1 heterocycles. The molecule has 0 aliphatic heterocycles. The van der Waals surface area contributed by atoms with Crippen LogP contribution in [0.3, 0.4) is 0 Å². The first kappa shape index (κ1) is 16.9. The number of aromatic amines is 1. The minimum atomic E-state index is -0.0836. The van der Waals surface area contributed by atoms with E-state index in [2.05, 4.69) is 32.8 Å². The topological polar surface area (TPSA) is 84.0 Å². The molecule has 0 radical (unpaired) electrons. The number of benzene rings is 1. The van der Waals surface area contributed by atoms with Gasteiger partial charge in [0.15, 0.2) is 12.4 Å². The number of carbonyl (C=O) groups excluding carboxylic acids is 1. The maximum atomic E-state index is 12.2. The molecule has 124 valence electrons. The molecular formula is C16H23N5O2. The van der Waals surface area contributed by atoms with E-state index in [0.717, 1.165) is 16.9 Å². The van der Waals surface area contributed by atoms with Crippen LogP contribution in [0.5, 0.6) is 5.75 Å². The summed E-state index contributed by atoms with van der Waals surface area (Å²) in [5, 5.41) is 13.8. The fourth-order valence-corrected chi connectivity index (χ4v) is 2.61. The summed E-state index contributed by atoms with van der Waals surface area (Å²) in [6, 6.07) is 4.10. The van der Waals surface area contributed by atoms with E-state index in [1.165, 1.54) is 5.56 Å². The molecule has 2 aromatic rings. The average molecular weight is 317 g/mol. The van der Waals surface area contributed by atoms with Gasteiger partial charge in [0, 0.05) is 19.5 Å². The smallest absolute Gasteiger partial charge is 0.260 e. The van der Waals surface area contributed by atoms with Crippen molar-refractivity contribution in [3.8, 4) is 5.75 Å². The number of aromatic nitrogens is 4. The maximum Gasteiger partial charge on any atom is 0.260 e. The number of hydrogen-bond acceptors (Lipinski definition) is 5. The van der Waals surface area contributed by atoms with E-state index in [4.69, 9.17) is 4.74 Å². The van der Waals surface area contributed by atoms with Crippen LogP contribution in [0.25, 0.3) is 0 Å². The summed E-state index contributed by atoms with van der Waals surface area (Å²) >= 11 is 0. The zero-order chi connectivity index (χ0) is 17.0. The third-order valence-corrected chi connectivity index (χ3v) is 3.72. The molecule has 7 nitrogen and oxygen atoms in total. The number of tetrazole rings is 1. The van der Waals surface area contributed by atoms with E-state index in [0.29, 0.717) is 12.4 Å². The summed E-state index contributed by atoms with van der Waals surface area (Å²) in [5.74, 6) is 1.30. The zero-order valence-electron chi connectivity index (χ0n) is 14.3. The van der Waals surface area contributed by atoms with Gasteiger partial charge in [-0.25, -0.2) is 0 Å². The number of H-pyrrole nitrogens is 1. The lowest BCUT2D eigenvalue weighted by Gasteiger charge is -2.21. The Labute approximate surface area is 136 Å². The van der Waals surface area contributed by atoms with Crippen molar-refractivity contribution in [2.45, 2.75) is 33.6 Å². The molecule has 1 N–H and O–H groups in total. The number of amides is 1. The molecule has 0 spiro atoms. The first-order valence-corrected chi connectivity index (χ1v) is 7.56. The molecule has 7 heteroatoms. The predicted molar refractivity (Wildman–Crippen MR) is 86.4 cm³/mol. The number of rotatable bonds is 6. The van der Waals surface area contributed by atoms with Gasteiger partial charge in [-0.1, -0.05) is 29.8 Å². The molecule has 1 amide bonds. The quantitative estimate of drug-likeness (QED) is 0.877. The number of aryl methyl sites for hydroxylation is 3. The Bertz CT molecular complexity index is 646. The second-order valence-corrected chi connectivity index (χ2v) is 5.96. The van der Waals surface area contributed by atoms with Gasteiger partial charge in [0.05, 0.1) is 0 Å². The van der Waals surface area contributed by atoms with Crippen molar-refractivity contribution in [3.05, 3.63) is 34.6 Å².